The zero-order chi connectivity index (χ0) is 24.8. The van der Waals surface area contributed by atoms with E-state index in [1.165, 1.54) is 12.1 Å². The zero-order valence-electron chi connectivity index (χ0n) is 20.0. The first-order chi connectivity index (χ1) is 16.8. The normalized spacial score (nSPS) is 14.9. The Morgan fingerprint density at radius 3 is 2.49 bits per heavy atom. The van der Waals surface area contributed by atoms with Crippen LogP contribution < -0.4 is 14.8 Å². The summed E-state index contributed by atoms with van der Waals surface area (Å²) in [6.07, 6.45) is 1.65. The van der Waals surface area contributed by atoms with Gasteiger partial charge in [-0.1, -0.05) is 36.4 Å². The average Bonchev–Trinajstić information content (AvgIpc) is 2.85. The Morgan fingerprint density at radius 2 is 1.74 bits per heavy atom. The van der Waals surface area contributed by atoms with Gasteiger partial charge in [0.05, 0.1) is 12.0 Å². The predicted octanol–water partition coefficient (Wildman–Crippen LogP) is 4.20. The highest BCUT2D eigenvalue weighted by Gasteiger charge is 2.23. The van der Waals surface area contributed by atoms with Gasteiger partial charge in [0.15, 0.2) is 0 Å². The molecule has 1 fully saturated rings. The molecule has 0 spiro atoms. The monoisotopic (exact) mass is 493 g/mol. The van der Waals surface area contributed by atoms with Gasteiger partial charge in [-0.2, -0.15) is 0 Å². The number of nitrogens with zero attached hydrogens (tertiary/aromatic N) is 1. The van der Waals surface area contributed by atoms with E-state index in [1.54, 1.807) is 37.4 Å². The van der Waals surface area contributed by atoms with Crippen molar-refractivity contribution in [2.75, 3.05) is 24.9 Å². The van der Waals surface area contributed by atoms with E-state index in [-0.39, 0.29) is 16.8 Å². The molecule has 0 atom stereocenters. The SMILES string of the molecule is COc1ccccc1CN1CCC(NC(=O)c2cccc(S(=O)(=O)Nc3cccc(C)c3)c2)CC1. The van der Waals surface area contributed by atoms with Crippen LogP contribution in [-0.2, 0) is 16.6 Å². The molecule has 0 unspecified atom stereocenters. The fourth-order valence-corrected chi connectivity index (χ4v) is 5.40. The van der Waals surface area contributed by atoms with Gasteiger partial charge >= 0.3 is 0 Å². The summed E-state index contributed by atoms with van der Waals surface area (Å²) in [7, 11) is -2.13. The molecule has 1 aliphatic heterocycles. The maximum atomic E-state index is 12.9. The number of para-hydroxylation sites is 1. The summed E-state index contributed by atoms with van der Waals surface area (Å²) in [6, 6.07) is 21.3. The molecule has 8 heteroatoms. The minimum absolute atomic E-state index is 0.0436. The predicted molar refractivity (Wildman–Crippen MR) is 137 cm³/mol. The van der Waals surface area contributed by atoms with E-state index >= 15 is 0 Å². The molecule has 184 valence electrons. The Kier molecular flexibility index (Phi) is 7.73. The summed E-state index contributed by atoms with van der Waals surface area (Å²) < 4.78 is 33.7. The number of methoxy groups -OCH3 is 1. The number of sulfonamides is 1. The van der Waals surface area contributed by atoms with E-state index in [4.69, 9.17) is 4.74 Å². The van der Waals surface area contributed by atoms with Gasteiger partial charge in [-0.3, -0.25) is 14.4 Å². The number of carbonyl (C=O) groups excluding carboxylic acids is 1. The summed E-state index contributed by atoms with van der Waals surface area (Å²) in [6.45, 7) is 4.42. The van der Waals surface area contributed by atoms with Gasteiger partial charge in [0.1, 0.15) is 5.75 Å². The summed E-state index contributed by atoms with van der Waals surface area (Å²) in [5.74, 6) is 0.621. The summed E-state index contributed by atoms with van der Waals surface area (Å²) in [5.41, 5.74) is 2.91. The van der Waals surface area contributed by atoms with E-state index in [0.29, 0.717) is 11.3 Å². The Labute approximate surface area is 207 Å². The molecule has 35 heavy (non-hydrogen) atoms. The van der Waals surface area contributed by atoms with Gasteiger partial charge in [-0.25, -0.2) is 8.42 Å². The van der Waals surface area contributed by atoms with Crippen molar-refractivity contribution in [1.82, 2.24) is 10.2 Å². The third kappa shape index (κ3) is 6.41. The second-order valence-corrected chi connectivity index (χ2v) is 10.5. The minimum atomic E-state index is -3.81. The lowest BCUT2D eigenvalue weighted by Gasteiger charge is -2.32. The molecule has 0 saturated carbocycles. The van der Waals surface area contributed by atoms with Crippen molar-refractivity contribution in [3.8, 4) is 5.75 Å². The van der Waals surface area contributed by atoms with Crippen LogP contribution in [0.25, 0.3) is 0 Å². The standard InChI is InChI=1S/C27H31N3O4S/c1-20-7-5-10-24(17-20)29-35(32,33)25-11-6-9-21(18-25)27(31)28-23-13-15-30(16-14-23)19-22-8-3-4-12-26(22)34-2/h3-12,17-18,23,29H,13-16,19H2,1-2H3,(H,28,31). The molecule has 3 aromatic carbocycles. The van der Waals surface area contributed by atoms with Crippen LogP contribution in [0.3, 0.4) is 0 Å². The maximum absolute atomic E-state index is 12.9. The molecular weight excluding hydrogens is 462 g/mol. The fourth-order valence-electron chi connectivity index (χ4n) is 4.31. The lowest BCUT2D eigenvalue weighted by Crippen LogP contribution is -2.44. The van der Waals surface area contributed by atoms with Gasteiger partial charge in [0.2, 0.25) is 0 Å². The van der Waals surface area contributed by atoms with Gasteiger partial charge < -0.3 is 10.1 Å². The Bertz CT molecular complexity index is 1280. The first-order valence-electron chi connectivity index (χ1n) is 11.7. The number of carbonyl (C=O) groups is 1. The smallest absolute Gasteiger partial charge is 0.261 e. The lowest BCUT2D eigenvalue weighted by atomic mass is 10.0. The number of likely N-dealkylation sites (tertiary alicyclic amines) is 1. The minimum Gasteiger partial charge on any atom is -0.496 e. The van der Waals surface area contributed by atoms with Crippen molar-refractivity contribution in [3.05, 3.63) is 89.5 Å². The second kappa shape index (κ2) is 10.9. The number of hydrogen-bond donors (Lipinski definition) is 2. The molecule has 4 rings (SSSR count). The van der Waals surface area contributed by atoms with Gasteiger partial charge in [0.25, 0.3) is 15.9 Å². The number of amides is 1. The van der Waals surface area contributed by atoms with E-state index in [2.05, 4.69) is 21.0 Å². The van der Waals surface area contributed by atoms with Crippen LogP contribution in [0.15, 0.2) is 77.7 Å². The van der Waals surface area contributed by atoms with Crippen LogP contribution in [0.4, 0.5) is 5.69 Å². The van der Waals surface area contributed by atoms with Gasteiger partial charge in [-0.05, 0) is 61.7 Å². The molecule has 7 nitrogen and oxygen atoms in total. The van der Waals surface area contributed by atoms with Crippen LogP contribution in [0.5, 0.6) is 5.75 Å². The number of benzene rings is 3. The number of anilines is 1. The molecule has 1 heterocycles. The molecule has 3 aromatic rings. The highest BCUT2D eigenvalue weighted by Crippen LogP contribution is 2.22. The van der Waals surface area contributed by atoms with E-state index in [0.717, 1.165) is 49.4 Å². The molecule has 1 amide bonds. The Hall–Kier alpha value is -3.36. The molecule has 2 N–H and O–H groups in total. The number of aryl methyl sites for hydroxylation is 1. The van der Waals surface area contributed by atoms with Crippen LogP contribution in [0.2, 0.25) is 0 Å². The van der Waals surface area contributed by atoms with Crippen molar-refractivity contribution in [2.45, 2.75) is 37.2 Å². The van der Waals surface area contributed by atoms with Crippen molar-refractivity contribution in [3.63, 3.8) is 0 Å². The molecule has 0 aliphatic carbocycles. The third-order valence-electron chi connectivity index (χ3n) is 6.19. The number of hydrogen-bond acceptors (Lipinski definition) is 5. The molecule has 0 aromatic heterocycles. The number of nitrogens with one attached hydrogen (secondary N) is 2. The first kappa shape index (κ1) is 24.8. The lowest BCUT2D eigenvalue weighted by molar-refractivity contribution is 0.0908. The summed E-state index contributed by atoms with van der Waals surface area (Å²) >= 11 is 0. The molecule has 0 radical (unpaired) electrons. The number of rotatable bonds is 8. The van der Waals surface area contributed by atoms with E-state index in [9.17, 15) is 13.2 Å². The number of piperidine rings is 1. The van der Waals surface area contributed by atoms with Crippen molar-refractivity contribution < 1.29 is 17.9 Å². The summed E-state index contributed by atoms with van der Waals surface area (Å²) in [4.78, 5) is 15.3. The molecular formula is C27H31N3O4S. The first-order valence-corrected chi connectivity index (χ1v) is 13.2. The Balaban J connectivity index is 1.35. The largest absolute Gasteiger partial charge is 0.496 e. The average molecular weight is 494 g/mol. The van der Waals surface area contributed by atoms with Crippen LogP contribution in [0, 0.1) is 6.92 Å². The zero-order valence-corrected chi connectivity index (χ0v) is 20.8. The summed E-state index contributed by atoms with van der Waals surface area (Å²) in [5, 5.41) is 3.07. The molecule has 1 saturated heterocycles. The van der Waals surface area contributed by atoms with Gasteiger partial charge in [0, 0.05) is 42.5 Å². The molecule has 0 bridgehead atoms. The fraction of sp³-hybridized carbons (Fsp3) is 0.296. The van der Waals surface area contributed by atoms with Crippen LogP contribution >= 0.6 is 0 Å². The van der Waals surface area contributed by atoms with Crippen LogP contribution in [-0.4, -0.2) is 45.5 Å². The highest BCUT2D eigenvalue weighted by molar-refractivity contribution is 7.92. The van der Waals surface area contributed by atoms with Gasteiger partial charge in [-0.15, -0.1) is 0 Å². The number of ether oxygens (including phenoxy) is 1. The van der Waals surface area contributed by atoms with Crippen LogP contribution in [0.1, 0.15) is 34.3 Å². The van der Waals surface area contributed by atoms with Crippen molar-refractivity contribution >= 4 is 21.6 Å². The Morgan fingerprint density at radius 1 is 1.00 bits per heavy atom. The molecule has 1 aliphatic rings. The second-order valence-electron chi connectivity index (χ2n) is 8.84. The van der Waals surface area contributed by atoms with Crippen molar-refractivity contribution in [1.29, 1.82) is 0 Å². The third-order valence-corrected chi connectivity index (χ3v) is 7.57. The van der Waals surface area contributed by atoms with E-state index in [1.807, 2.05) is 31.2 Å². The van der Waals surface area contributed by atoms with E-state index < -0.39 is 10.0 Å². The topological polar surface area (TPSA) is 87.7 Å². The maximum Gasteiger partial charge on any atom is 0.261 e. The quantitative estimate of drug-likeness (QED) is 0.491. The highest BCUT2D eigenvalue weighted by atomic mass is 32.2. The van der Waals surface area contributed by atoms with Crippen molar-refractivity contribution in [2.24, 2.45) is 0 Å².